The fourth-order valence-electron chi connectivity index (χ4n) is 1.90. The Labute approximate surface area is 98.2 Å². The molecule has 1 atom stereocenters. The van der Waals surface area contributed by atoms with Crippen LogP contribution in [0.15, 0.2) is 18.2 Å². The van der Waals surface area contributed by atoms with Crippen LogP contribution in [0.5, 0.6) is 0 Å². The van der Waals surface area contributed by atoms with Crippen LogP contribution in [0.3, 0.4) is 0 Å². The van der Waals surface area contributed by atoms with Crippen LogP contribution in [0.2, 0.25) is 0 Å². The van der Waals surface area contributed by atoms with Crippen molar-refractivity contribution < 1.29 is 14.0 Å². The molecule has 0 spiro atoms. The van der Waals surface area contributed by atoms with Crippen molar-refractivity contribution in [3.05, 3.63) is 29.6 Å². The lowest BCUT2D eigenvalue weighted by Crippen LogP contribution is -2.30. The minimum Gasteiger partial charge on any atom is -0.326 e. The smallest absolute Gasteiger partial charge is 0.237 e. The fourth-order valence-corrected chi connectivity index (χ4v) is 1.90. The standard InChI is InChI=1S/C12H13FN2O2/c1-7-4-11(16)15(12(7)17)10-3-2-8(6-14)5-9(10)13/h2-3,5,7H,4,6,14H2,1H3. The van der Waals surface area contributed by atoms with Gasteiger partial charge < -0.3 is 5.73 Å². The number of carbonyl (C=O) groups excluding carboxylic acids is 2. The van der Waals surface area contributed by atoms with Gasteiger partial charge in [-0.15, -0.1) is 0 Å². The highest BCUT2D eigenvalue weighted by Gasteiger charge is 2.37. The van der Waals surface area contributed by atoms with E-state index in [1.165, 1.54) is 12.1 Å². The summed E-state index contributed by atoms with van der Waals surface area (Å²) in [6, 6.07) is 4.28. The molecule has 1 saturated heterocycles. The van der Waals surface area contributed by atoms with Gasteiger partial charge in [-0.1, -0.05) is 13.0 Å². The highest BCUT2D eigenvalue weighted by molar-refractivity contribution is 6.20. The minimum atomic E-state index is -0.594. The van der Waals surface area contributed by atoms with Gasteiger partial charge in [-0.25, -0.2) is 9.29 Å². The van der Waals surface area contributed by atoms with E-state index in [9.17, 15) is 14.0 Å². The number of hydrogen-bond acceptors (Lipinski definition) is 3. The number of imide groups is 1. The molecule has 1 aromatic rings. The average Bonchev–Trinajstić information content (AvgIpc) is 2.54. The predicted molar refractivity (Wildman–Crippen MR) is 60.6 cm³/mol. The molecule has 2 rings (SSSR count). The van der Waals surface area contributed by atoms with Crippen molar-refractivity contribution >= 4 is 17.5 Å². The summed E-state index contributed by atoms with van der Waals surface area (Å²) in [4.78, 5) is 24.3. The molecule has 1 unspecified atom stereocenters. The molecule has 17 heavy (non-hydrogen) atoms. The first-order valence-electron chi connectivity index (χ1n) is 5.40. The molecule has 1 aliphatic heterocycles. The SMILES string of the molecule is CC1CC(=O)N(c2ccc(CN)cc2F)C1=O. The van der Waals surface area contributed by atoms with Crippen LogP contribution in [-0.4, -0.2) is 11.8 Å². The number of hydrogen-bond donors (Lipinski definition) is 1. The Kier molecular flexibility index (Phi) is 2.93. The third kappa shape index (κ3) is 1.93. The molecule has 0 aliphatic carbocycles. The van der Waals surface area contributed by atoms with E-state index >= 15 is 0 Å². The number of nitrogens with two attached hydrogens (primary N) is 1. The number of benzene rings is 1. The summed E-state index contributed by atoms with van der Waals surface area (Å²) in [6.45, 7) is 1.88. The first-order chi connectivity index (χ1) is 8.04. The molecule has 1 heterocycles. The van der Waals surface area contributed by atoms with E-state index in [0.717, 1.165) is 4.90 Å². The second kappa shape index (κ2) is 4.25. The van der Waals surface area contributed by atoms with Gasteiger partial charge in [-0.05, 0) is 17.7 Å². The van der Waals surface area contributed by atoms with Gasteiger partial charge in [-0.3, -0.25) is 9.59 Å². The summed E-state index contributed by atoms with van der Waals surface area (Å²) in [5.41, 5.74) is 6.02. The molecule has 5 heteroatoms. The van der Waals surface area contributed by atoms with Crippen molar-refractivity contribution in [3.63, 3.8) is 0 Å². The largest absolute Gasteiger partial charge is 0.326 e. The summed E-state index contributed by atoms with van der Waals surface area (Å²) in [7, 11) is 0. The lowest BCUT2D eigenvalue weighted by molar-refractivity contribution is -0.122. The number of rotatable bonds is 2. The summed E-state index contributed by atoms with van der Waals surface area (Å²) in [5, 5.41) is 0. The zero-order chi connectivity index (χ0) is 12.6. The molecule has 0 bridgehead atoms. The van der Waals surface area contributed by atoms with E-state index in [2.05, 4.69) is 0 Å². The van der Waals surface area contributed by atoms with Gasteiger partial charge in [0.1, 0.15) is 5.82 Å². The number of halogens is 1. The molecule has 90 valence electrons. The first-order valence-corrected chi connectivity index (χ1v) is 5.40. The lowest BCUT2D eigenvalue weighted by Gasteiger charge is -2.15. The molecule has 1 aromatic carbocycles. The monoisotopic (exact) mass is 236 g/mol. The highest BCUT2D eigenvalue weighted by Crippen LogP contribution is 2.28. The van der Waals surface area contributed by atoms with Crippen LogP contribution in [-0.2, 0) is 16.1 Å². The van der Waals surface area contributed by atoms with Crippen molar-refractivity contribution in [2.24, 2.45) is 11.7 Å². The van der Waals surface area contributed by atoms with Crippen LogP contribution in [0.1, 0.15) is 18.9 Å². The Bertz CT molecular complexity index is 487. The van der Waals surface area contributed by atoms with Gasteiger partial charge >= 0.3 is 0 Å². The van der Waals surface area contributed by atoms with Gasteiger partial charge in [0.2, 0.25) is 11.8 Å². The normalized spacial score (nSPS) is 20.2. The van der Waals surface area contributed by atoms with Crippen molar-refractivity contribution in [3.8, 4) is 0 Å². The molecule has 0 radical (unpaired) electrons. The summed E-state index contributed by atoms with van der Waals surface area (Å²) in [5.74, 6) is -1.68. The Hall–Kier alpha value is -1.75. The van der Waals surface area contributed by atoms with Gasteiger partial charge in [0, 0.05) is 18.9 Å². The van der Waals surface area contributed by atoms with Crippen molar-refractivity contribution in [2.45, 2.75) is 19.9 Å². The second-order valence-electron chi connectivity index (χ2n) is 4.16. The van der Waals surface area contributed by atoms with Crippen LogP contribution in [0.25, 0.3) is 0 Å². The maximum Gasteiger partial charge on any atom is 0.237 e. The predicted octanol–water partition coefficient (Wildman–Crippen LogP) is 1.18. The third-order valence-corrected chi connectivity index (χ3v) is 2.86. The van der Waals surface area contributed by atoms with Gasteiger partial charge in [0.25, 0.3) is 0 Å². The molecular weight excluding hydrogens is 223 g/mol. The van der Waals surface area contributed by atoms with Crippen LogP contribution >= 0.6 is 0 Å². The maximum absolute atomic E-state index is 13.8. The van der Waals surface area contributed by atoms with Crippen molar-refractivity contribution in [2.75, 3.05) is 4.90 Å². The Morgan fingerprint density at radius 1 is 1.47 bits per heavy atom. The lowest BCUT2D eigenvalue weighted by atomic mass is 10.1. The minimum absolute atomic E-state index is 0.0153. The summed E-state index contributed by atoms with van der Waals surface area (Å²) < 4.78 is 13.8. The van der Waals surface area contributed by atoms with E-state index < -0.39 is 5.82 Å². The zero-order valence-corrected chi connectivity index (χ0v) is 9.44. The highest BCUT2D eigenvalue weighted by atomic mass is 19.1. The van der Waals surface area contributed by atoms with E-state index in [0.29, 0.717) is 5.56 Å². The van der Waals surface area contributed by atoms with Gasteiger partial charge in [0.15, 0.2) is 0 Å². The molecule has 1 fully saturated rings. The van der Waals surface area contributed by atoms with Crippen LogP contribution in [0.4, 0.5) is 10.1 Å². The fraction of sp³-hybridized carbons (Fsp3) is 0.333. The van der Waals surface area contributed by atoms with Crippen molar-refractivity contribution in [1.29, 1.82) is 0 Å². The Morgan fingerprint density at radius 2 is 2.18 bits per heavy atom. The number of carbonyl (C=O) groups is 2. The average molecular weight is 236 g/mol. The van der Waals surface area contributed by atoms with Crippen LogP contribution < -0.4 is 10.6 Å². The van der Waals surface area contributed by atoms with Crippen molar-refractivity contribution in [1.82, 2.24) is 0 Å². The van der Waals surface area contributed by atoms with Gasteiger partial charge in [0.05, 0.1) is 5.69 Å². The number of nitrogens with zero attached hydrogens (tertiary/aromatic N) is 1. The summed E-state index contributed by atoms with van der Waals surface area (Å²) in [6.07, 6.45) is 0.136. The molecule has 1 aliphatic rings. The second-order valence-corrected chi connectivity index (χ2v) is 4.16. The summed E-state index contributed by atoms with van der Waals surface area (Å²) >= 11 is 0. The first kappa shape index (κ1) is 11.7. The maximum atomic E-state index is 13.8. The Morgan fingerprint density at radius 3 is 2.65 bits per heavy atom. The van der Waals surface area contributed by atoms with E-state index in [-0.39, 0.29) is 36.4 Å². The zero-order valence-electron chi connectivity index (χ0n) is 9.44. The molecule has 0 aromatic heterocycles. The molecule has 4 nitrogen and oxygen atoms in total. The van der Waals surface area contributed by atoms with E-state index in [1.54, 1.807) is 13.0 Å². The topological polar surface area (TPSA) is 63.4 Å². The number of amides is 2. The molecular formula is C12H13FN2O2. The van der Waals surface area contributed by atoms with E-state index in [1.807, 2.05) is 0 Å². The molecule has 2 amide bonds. The van der Waals surface area contributed by atoms with Gasteiger partial charge in [-0.2, -0.15) is 0 Å². The number of anilines is 1. The molecule has 2 N–H and O–H groups in total. The Balaban J connectivity index is 2.41. The third-order valence-electron chi connectivity index (χ3n) is 2.86. The quantitative estimate of drug-likeness (QED) is 0.784. The van der Waals surface area contributed by atoms with E-state index in [4.69, 9.17) is 5.73 Å². The van der Waals surface area contributed by atoms with Crippen LogP contribution in [0, 0.1) is 11.7 Å². The molecule has 0 saturated carbocycles.